The first-order chi connectivity index (χ1) is 8.54. The number of benzene rings is 1. The summed E-state index contributed by atoms with van der Waals surface area (Å²) in [5, 5.41) is 10.3. The summed E-state index contributed by atoms with van der Waals surface area (Å²) in [5.41, 5.74) is 7.97. The molecule has 1 aromatic rings. The van der Waals surface area contributed by atoms with E-state index in [4.69, 9.17) is 10.5 Å². The first-order valence-corrected chi connectivity index (χ1v) is 6.57. The van der Waals surface area contributed by atoms with Gasteiger partial charge in [0.2, 0.25) is 0 Å². The summed E-state index contributed by atoms with van der Waals surface area (Å²) in [6.45, 7) is 6.58. The summed E-state index contributed by atoms with van der Waals surface area (Å²) >= 11 is 0. The lowest BCUT2D eigenvalue weighted by molar-refractivity contribution is 0.0885. The van der Waals surface area contributed by atoms with Crippen LogP contribution in [0, 0.1) is 12.8 Å². The van der Waals surface area contributed by atoms with Gasteiger partial charge in [0, 0.05) is 12.5 Å². The third kappa shape index (κ3) is 3.24. The molecule has 0 fully saturated rings. The minimum Gasteiger partial charge on any atom is -0.496 e. The number of nitrogens with two attached hydrogens (primary N) is 1. The molecule has 0 aromatic heterocycles. The normalized spacial score (nSPS) is 16.1. The second-order valence-electron chi connectivity index (χ2n) is 4.95. The molecule has 0 aliphatic heterocycles. The number of hydrogen-bond donors (Lipinski definition) is 2. The van der Waals surface area contributed by atoms with Gasteiger partial charge in [-0.1, -0.05) is 32.4 Å². The maximum atomic E-state index is 10.3. The second kappa shape index (κ2) is 6.76. The van der Waals surface area contributed by atoms with Crippen LogP contribution in [-0.4, -0.2) is 24.9 Å². The van der Waals surface area contributed by atoms with Crippen LogP contribution in [0.1, 0.15) is 37.3 Å². The lowest BCUT2D eigenvalue weighted by atomic mass is 9.85. The molecule has 3 heteroatoms. The Balaban J connectivity index is 3.01. The minimum absolute atomic E-state index is 0.0329. The third-order valence-electron chi connectivity index (χ3n) is 3.75. The van der Waals surface area contributed by atoms with Crippen LogP contribution in [0.4, 0.5) is 0 Å². The predicted molar refractivity (Wildman–Crippen MR) is 75.0 cm³/mol. The maximum Gasteiger partial charge on any atom is 0.122 e. The van der Waals surface area contributed by atoms with E-state index in [9.17, 15) is 5.11 Å². The fourth-order valence-corrected chi connectivity index (χ4v) is 2.18. The Labute approximate surface area is 110 Å². The van der Waals surface area contributed by atoms with Gasteiger partial charge in [-0.3, -0.25) is 0 Å². The SMILES string of the molecule is CCC(C)C(O)C(CN)c1ccc(C)c(OC)c1. The van der Waals surface area contributed by atoms with Crippen molar-refractivity contribution in [2.24, 2.45) is 11.7 Å². The van der Waals surface area contributed by atoms with Gasteiger partial charge in [0.05, 0.1) is 13.2 Å². The number of aryl methyl sites for hydroxylation is 1. The molecular formula is C15H25NO2. The van der Waals surface area contributed by atoms with Crippen molar-refractivity contribution in [3.05, 3.63) is 29.3 Å². The number of hydrogen-bond acceptors (Lipinski definition) is 3. The molecule has 1 rings (SSSR count). The van der Waals surface area contributed by atoms with Gasteiger partial charge in [-0.2, -0.15) is 0 Å². The molecule has 0 saturated heterocycles. The van der Waals surface area contributed by atoms with Gasteiger partial charge in [0.25, 0.3) is 0 Å². The van der Waals surface area contributed by atoms with Crippen LogP contribution in [0.25, 0.3) is 0 Å². The van der Waals surface area contributed by atoms with Crippen molar-refractivity contribution in [1.82, 2.24) is 0 Å². The van der Waals surface area contributed by atoms with Crippen LogP contribution in [0.3, 0.4) is 0 Å². The quantitative estimate of drug-likeness (QED) is 0.816. The molecule has 3 unspecified atom stereocenters. The maximum absolute atomic E-state index is 10.3. The number of aliphatic hydroxyl groups excluding tert-OH is 1. The first-order valence-electron chi connectivity index (χ1n) is 6.57. The molecule has 0 aliphatic carbocycles. The van der Waals surface area contributed by atoms with Crippen molar-refractivity contribution < 1.29 is 9.84 Å². The highest BCUT2D eigenvalue weighted by Crippen LogP contribution is 2.29. The molecule has 3 nitrogen and oxygen atoms in total. The fraction of sp³-hybridized carbons (Fsp3) is 0.600. The van der Waals surface area contributed by atoms with Crippen molar-refractivity contribution in [2.45, 2.75) is 39.2 Å². The van der Waals surface area contributed by atoms with Gasteiger partial charge in [0.15, 0.2) is 0 Å². The van der Waals surface area contributed by atoms with E-state index in [1.54, 1.807) is 7.11 Å². The predicted octanol–water partition coefficient (Wildman–Crippen LogP) is 2.45. The van der Waals surface area contributed by atoms with E-state index in [-0.39, 0.29) is 11.8 Å². The van der Waals surface area contributed by atoms with E-state index in [0.29, 0.717) is 6.54 Å². The Morgan fingerprint density at radius 2 is 2.06 bits per heavy atom. The van der Waals surface area contributed by atoms with Crippen molar-refractivity contribution >= 4 is 0 Å². The van der Waals surface area contributed by atoms with Crippen molar-refractivity contribution in [2.75, 3.05) is 13.7 Å². The molecule has 0 aliphatic rings. The zero-order valence-electron chi connectivity index (χ0n) is 11.8. The number of methoxy groups -OCH3 is 1. The van der Waals surface area contributed by atoms with E-state index in [2.05, 4.69) is 13.8 Å². The van der Waals surface area contributed by atoms with Crippen LogP contribution in [0.5, 0.6) is 5.75 Å². The molecule has 0 amide bonds. The number of ether oxygens (including phenoxy) is 1. The minimum atomic E-state index is -0.410. The van der Waals surface area contributed by atoms with Gasteiger partial charge in [-0.25, -0.2) is 0 Å². The highest BCUT2D eigenvalue weighted by atomic mass is 16.5. The Morgan fingerprint density at radius 3 is 2.56 bits per heavy atom. The number of rotatable bonds is 6. The zero-order valence-corrected chi connectivity index (χ0v) is 11.8. The van der Waals surface area contributed by atoms with Gasteiger partial charge >= 0.3 is 0 Å². The lowest BCUT2D eigenvalue weighted by Gasteiger charge is -2.27. The van der Waals surface area contributed by atoms with Gasteiger partial charge in [-0.15, -0.1) is 0 Å². The zero-order chi connectivity index (χ0) is 13.7. The molecule has 102 valence electrons. The largest absolute Gasteiger partial charge is 0.496 e. The number of aliphatic hydroxyl groups is 1. The fourth-order valence-electron chi connectivity index (χ4n) is 2.18. The molecule has 0 heterocycles. The monoisotopic (exact) mass is 251 g/mol. The highest BCUT2D eigenvalue weighted by molar-refractivity contribution is 5.38. The Kier molecular flexibility index (Phi) is 5.63. The Bertz CT molecular complexity index is 379. The molecule has 18 heavy (non-hydrogen) atoms. The van der Waals surface area contributed by atoms with E-state index < -0.39 is 6.10 Å². The molecule has 0 saturated carbocycles. The summed E-state index contributed by atoms with van der Waals surface area (Å²) < 4.78 is 5.32. The van der Waals surface area contributed by atoms with Crippen molar-refractivity contribution in [3.63, 3.8) is 0 Å². The van der Waals surface area contributed by atoms with Crippen LogP contribution in [0.15, 0.2) is 18.2 Å². The van der Waals surface area contributed by atoms with Crippen molar-refractivity contribution in [1.29, 1.82) is 0 Å². The molecule has 0 bridgehead atoms. The molecule has 3 atom stereocenters. The first kappa shape index (κ1) is 15.0. The van der Waals surface area contributed by atoms with E-state index in [1.807, 2.05) is 25.1 Å². The van der Waals surface area contributed by atoms with Crippen LogP contribution >= 0.6 is 0 Å². The second-order valence-corrected chi connectivity index (χ2v) is 4.95. The summed E-state index contributed by atoms with van der Waals surface area (Å²) in [7, 11) is 1.66. The Hall–Kier alpha value is -1.06. The average molecular weight is 251 g/mol. The van der Waals surface area contributed by atoms with Gasteiger partial charge < -0.3 is 15.6 Å². The molecule has 1 aromatic carbocycles. The highest BCUT2D eigenvalue weighted by Gasteiger charge is 2.24. The van der Waals surface area contributed by atoms with Crippen LogP contribution in [0.2, 0.25) is 0 Å². The van der Waals surface area contributed by atoms with Gasteiger partial charge in [-0.05, 0) is 30.0 Å². The van der Waals surface area contributed by atoms with Crippen molar-refractivity contribution in [3.8, 4) is 5.75 Å². The average Bonchev–Trinajstić information content (AvgIpc) is 2.40. The third-order valence-corrected chi connectivity index (χ3v) is 3.75. The molecule has 3 N–H and O–H groups in total. The smallest absolute Gasteiger partial charge is 0.122 e. The molecular weight excluding hydrogens is 226 g/mol. The Morgan fingerprint density at radius 1 is 1.39 bits per heavy atom. The topological polar surface area (TPSA) is 55.5 Å². The molecule has 0 radical (unpaired) electrons. The van der Waals surface area contributed by atoms with E-state index >= 15 is 0 Å². The summed E-state index contributed by atoms with van der Waals surface area (Å²) in [4.78, 5) is 0. The lowest BCUT2D eigenvalue weighted by Crippen LogP contribution is -2.31. The van der Waals surface area contributed by atoms with Crippen LogP contribution < -0.4 is 10.5 Å². The standard InChI is InChI=1S/C15H25NO2/c1-5-10(2)15(17)13(9-16)12-7-6-11(3)14(8-12)18-4/h6-8,10,13,15,17H,5,9,16H2,1-4H3. The van der Waals surface area contributed by atoms with E-state index in [1.165, 1.54) is 0 Å². The van der Waals surface area contributed by atoms with Crippen LogP contribution in [-0.2, 0) is 0 Å². The molecule has 0 spiro atoms. The summed E-state index contributed by atoms with van der Waals surface area (Å²) in [6.07, 6.45) is 0.535. The summed E-state index contributed by atoms with van der Waals surface area (Å²) in [5.74, 6) is 1.06. The van der Waals surface area contributed by atoms with Gasteiger partial charge in [0.1, 0.15) is 5.75 Å². The summed E-state index contributed by atoms with van der Waals surface area (Å²) in [6, 6.07) is 6.03. The van der Waals surface area contributed by atoms with E-state index in [0.717, 1.165) is 23.3 Å².